The largest absolute Gasteiger partial charge is 0.481 e. The van der Waals surface area contributed by atoms with Gasteiger partial charge in [0.2, 0.25) is 0 Å². The number of nitrogens with zero attached hydrogens (tertiary/aromatic N) is 4. The Bertz CT molecular complexity index is 554. The summed E-state index contributed by atoms with van der Waals surface area (Å²) in [7, 11) is 0. The number of hydrogen-bond donors (Lipinski definition) is 1. The molecule has 2 rings (SSSR count). The summed E-state index contributed by atoms with van der Waals surface area (Å²) in [6.45, 7) is 2.82. The summed E-state index contributed by atoms with van der Waals surface area (Å²) in [4.78, 5) is 14.9. The van der Waals surface area contributed by atoms with Gasteiger partial charge in [0, 0.05) is 31.0 Å². The van der Waals surface area contributed by atoms with Crippen molar-refractivity contribution in [3.63, 3.8) is 0 Å². The number of rotatable bonds is 8. The second kappa shape index (κ2) is 7.39. The second-order valence-corrected chi connectivity index (χ2v) is 6.08. The Morgan fingerprint density at radius 1 is 1.45 bits per heavy atom. The normalized spacial score (nSPS) is 10.8. The topological polar surface area (TPSA) is 80.9 Å². The van der Waals surface area contributed by atoms with Crippen molar-refractivity contribution < 1.29 is 9.90 Å². The van der Waals surface area contributed by atoms with Gasteiger partial charge in [0.05, 0.1) is 10.8 Å². The van der Waals surface area contributed by atoms with Crippen molar-refractivity contribution in [1.82, 2.24) is 19.7 Å². The van der Waals surface area contributed by atoms with Crippen LogP contribution in [0.25, 0.3) is 0 Å². The Hall–Kier alpha value is -1.41. The lowest BCUT2D eigenvalue weighted by Gasteiger charge is -2.08. The third-order valence-electron chi connectivity index (χ3n) is 2.62. The van der Waals surface area contributed by atoms with Gasteiger partial charge in [0.25, 0.3) is 0 Å². The van der Waals surface area contributed by atoms with Crippen LogP contribution in [-0.2, 0) is 24.2 Å². The van der Waals surface area contributed by atoms with Gasteiger partial charge in [-0.1, -0.05) is 18.7 Å². The zero-order valence-electron chi connectivity index (χ0n) is 11.2. The molecule has 0 amide bonds. The number of carboxylic acids is 1. The van der Waals surface area contributed by atoms with Crippen LogP contribution in [0.3, 0.4) is 0 Å². The number of thioether (sulfide) groups is 1. The number of aliphatic carboxylic acids is 1. The van der Waals surface area contributed by atoms with E-state index >= 15 is 0 Å². The first-order chi connectivity index (χ1) is 9.70. The summed E-state index contributed by atoms with van der Waals surface area (Å²) in [5, 5.41) is 20.7. The van der Waals surface area contributed by atoms with E-state index in [0.29, 0.717) is 5.16 Å². The highest BCUT2D eigenvalue weighted by molar-refractivity contribution is 7.99. The molecule has 0 atom stereocenters. The molecule has 0 spiro atoms. The van der Waals surface area contributed by atoms with E-state index in [2.05, 4.69) is 22.1 Å². The molecule has 20 heavy (non-hydrogen) atoms. The lowest BCUT2D eigenvalue weighted by molar-refractivity contribution is -0.133. The average molecular weight is 312 g/mol. The standard InChI is InChI=1S/C12H16N4O2S2/c1-2-3-9-14-15-12(20-8-11(17)18)16(9)6-4-10-13-5-7-19-10/h5,7H,2-4,6,8H2,1H3,(H,17,18). The first-order valence-corrected chi connectivity index (χ1v) is 8.22. The van der Waals surface area contributed by atoms with Crippen molar-refractivity contribution in [2.24, 2.45) is 0 Å². The van der Waals surface area contributed by atoms with Gasteiger partial charge in [-0.25, -0.2) is 4.98 Å². The molecule has 0 aliphatic heterocycles. The molecule has 0 aliphatic carbocycles. The van der Waals surface area contributed by atoms with E-state index in [1.165, 1.54) is 11.8 Å². The number of carboxylic acid groups (broad SMARTS) is 1. The Kier molecular flexibility index (Phi) is 5.54. The van der Waals surface area contributed by atoms with E-state index in [1.807, 2.05) is 9.95 Å². The van der Waals surface area contributed by atoms with Gasteiger partial charge in [0.15, 0.2) is 5.16 Å². The maximum atomic E-state index is 10.7. The number of hydrogen-bond acceptors (Lipinski definition) is 6. The molecule has 6 nitrogen and oxygen atoms in total. The molecule has 0 aromatic carbocycles. The predicted octanol–water partition coefficient (Wildman–Crippen LogP) is 2.11. The van der Waals surface area contributed by atoms with E-state index in [9.17, 15) is 4.79 Å². The van der Waals surface area contributed by atoms with Crippen LogP contribution in [0.2, 0.25) is 0 Å². The van der Waals surface area contributed by atoms with Crippen molar-refractivity contribution in [2.45, 2.75) is 37.9 Å². The molecule has 8 heteroatoms. The molecule has 0 saturated carbocycles. The van der Waals surface area contributed by atoms with Gasteiger partial charge in [-0.15, -0.1) is 21.5 Å². The summed E-state index contributed by atoms with van der Waals surface area (Å²) in [6.07, 6.45) is 4.43. The summed E-state index contributed by atoms with van der Waals surface area (Å²) >= 11 is 2.83. The highest BCUT2D eigenvalue weighted by atomic mass is 32.2. The minimum atomic E-state index is -0.846. The quantitative estimate of drug-likeness (QED) is 0.752. The van der Waals surface area contributed by atoms with Crippen LogP contribution < -0.4 is 0 Å². The number of carbonyl (C=O) groups is 1. The third kappa shape index (κ3) is 4.04. The first kappa shape index (κ1) is 15.0. The molecule has 2 aromatic heterocycles. The molecule has 2 heterocycles. The van der Waals surface area contributed by atoms with Gasteiger partial charge in [-0.3, -0.25) is 4.79 Å². The van der Waals surface area contributed by atoms with E-state index in [1.54, 1.807) is 17.5 Å². The minimum absolute atomic E-state index is 0.00150. The summed E-state index contributed by atoms with van der Waals surface area (Å²) in [6, 6.07) is 0. The molecule has 0 radical (unpaired) electrons. The highest BCUT2D eigenvalue weighted by Gasteiger charge is 2.13. The molecule has 0 saturated heterocycles. The lowest BCUT2D eigenvalue weighted by atomic mass is 10.3. The Balaban J connectivity index is 2.09. The third-order valence-corrected chi connectivity index (χ3v) is 4.42. The second-order valence-electron chi connectivity index (χ2n) is 4.16. The smallest absolute Gasteiger partial charge is 0.313 e. The van der Waals surface area contributed by atoms with Crippen molar-refractivity contribution in [3.8, 4) is 0 Å². The van der Waals surface area contributed by atoms with Crippen LogP contribution in [0.15, 0.2) is 16.7 Å². The van der Waals surface area contributed by atoms with Crippen molar-refractivity contribution >= 4 is 29.1 Å². The first-order valence-electron chi connectivity index (χ1n) is 6.35. The van der Waals surface area contributed by atoms with E-state index in [0.717, 1.165) is 36.6 Å². The zero-order valence-corrected chi connectivity index (χ0v) is 12.8. The predicted molar refractivity (Wildman–Crippen MR) is 78.2 cm³/mol. The SMILES string of the molecule is CCCc1nnc(SCC(=O)O)n1CCc1nccs1. The maximum absolute atomic E-state index is 10.7. The highest BCUT2D eigenvalue weighted by Crippen LogP contribution is 2.19. The Morgan fingerprint density at radius 3 is 2.95 bits per heavy atom. The fourth-order valence-corrected chi connectivity index (χ4v) is 3.08. The number of thiazole rings is 1. The molecule has 2 aromatic rings. The van der Waals surface area contributed by atoms with Crippen molar-refractivity contribution in [2.75, 3.05) is 5.75 Å². The van der Waals surface area contributed by atoms with Gasteiger partial charge in [0.1, 0.15) is 5.82 Å². The van der Waals surface area contributed by atoms with Gasteiger partial charge < -0.3 is 9.67 Å². The van der Waals surface area contributed by atoms with Crippen molar-refractivity contribution in [1.29, 1.82) is 0 Å². The monoisotopic (exact) mass is 312 g/mol. The fourth-order valence-electron chi connectivity index (χ4n) is 1.77. The molecular formula is C12H16N4O2S2. The van der Waals surface area contributed by atoms with Crippen LogP contribution in [0.1, 0.15) is 24.2 Å². The summed E-state index contributed by atoms with van der Waals surface area (Å²) in [5.74, 6) is 0.0695. The Labute approximate surface area is 125 Å². The van der Waals surface area contributed by atoms with Gasteiger partial charge >= 0.3 is 5.97 Å². The summed E-state index contributed by atoms with van der Waals surface area (Å²) in [5.41, 5.74) is 0. The van der Waals surface area contributed by atoms with Crippen LogP contribution in [0.4, 0.5) is 0 Å². The maximum Gasteiger partial charge on any atom is 0.313 e. The average Bonchev–Trinajstić information content (AvgIpc) is 3.04. The fraction of sp³-hybridized carbons (Fsp3) is 0.500. The zero-order chi connectivity index (χ0) is 14.4. The van der Waals surface area contributed by atoms with Crippen LogP contribution in [0.5, 0.6) is 0 Å². The number of aryl methyl sites for hydroxylation is 2. The van der Waals surface area contributed by atoms with E-state index < -0.39 is 5.97 Å². The van der Waals surface area contributed by atoms with E-state index in [4.69, 9.17) is 5.11 Å². The molecule has 0 fully saturated rings. The Morgan fingerprint density at radius 2 is 2.30 bits per heavy atom. The van der Waals surface area contributed by atoms with Crippen LogP contribution >= 0.6 is 23.1 Å². The van der Waals surface area contributed by atoms with Crippen LogP contribution in [-0.4, -0.2) is 36.6 Å². The molecule has 0 unspecified atom stereocenters. The van der Waals surface area contributed by atoms with Crippen molar-refractivity contribution in [3.05, 3.63) is 22.4 Å². The molecule has 0 bridgehead atoms. The van der Waals surface area contributed by atoms with E-state index in [-0.39, 0.29) is 5.75 Å². The molecule has 0 aliphatic rings. The van der Waals surface area contributed by atoms with Gasteiger partial charge in [-0.2, -0.15) is 0 Å². The molecule has 1 N–H and O–H groups in total. The molecule has 108 valence electrons. The summed E-state index contributed by atoms with van der Waals surface area (Å²) < 4.78 is 2.01. The number of aromatic nitrogens is 4. The lowest BCUT2D eigenvalue weighted by Crippen LogP contribution is -2.09. The van der Waals surface area contributed by atoms with Crippen LogP contribution in [0, 0.1) is 0 Å². The molecular weight excluding hydrogens is 296 g/mol. The minimum Gasteiger partial charge on any atom is -0.481 e. The van der Waals surface area contributed by atoms with Gasteiger partial charge in [-0.05, 0) is 6.42 Å².